The van der Waals surface area contributed by atoms with Gasteiger partial charge in [-0.1, -0.05) is 13.0 Å². The van der Waals surface area contributed by atoms with Gasteiger partial charge in [-0.2, -0.15) is 0 Å². The van der Waals surface area contributed by atoms with Crippen LogP contribution < -0.4 is 15.4 Å². The topological polar surface area (TPSA) is 92.2 Å². The Kier molecular flexibility index (Phi) is 4.56. The van der Waals surface area contributed by atoms with E-state index in [9.17, 15) is 9.50 Å². The normalized spacial score (nSPS) is 17.7. The summed E-state index contributed by atoms with van der Waals surface area (Å²) in [5.74, 6) is 0.906. The molecule has 1 aromatic carbocycles. The Labute approximate surface area is 161 Å². The average Bonchev–Trinajstić information content (AvgIpc) is 3.06. The number of aliphatic hydroxyl groups is 1. The molecular formula is C20H20FN5O2. The van der Waals surface area contributed by atoms with Crippen molar-refractivity contribution < 1.29 is 14.2 Å². The molecule has 8 heteroatoms. The average molecular weight is 381 g/mol. The molecule has 1 aliphatic rings. The number of aliphatic hydroxyl groups excluding tert-OH is 1. The zero-order chi connectivity index (χ0) is 19.7. The number of hydrogen-bond donors (Lipinski definition) is 3. The molecule has 144 valence electrons. The summed E-state index contributed by atoms with van der Waals surface area (Å²) in [7, 11) is 1.47. The summed E-state index contributed by atoms with van der Waals surface area (Å²) in [6.45, 7) is 2.62. The SMILES string of the molecule is COc1cccc(F)c1Nc1nccc(-c2cnc3c(c2)C(C)(CO)CN3)n1. The molecule has 28 heavy (non-hydrogen) atoms. The van der Waals surface area contributed by atoms with Gasteiger partial charge in [-0.25, -0.2) is 19.3 Å². The van der Waals surface area contributed by atoms with Crippen LogP contribution in [-0.2, 0) is 5.41 Å². The van der Waals surface area contributed by atoms with Crippen LogP contribution in [0.15, 0.2) is 42.7 Å². The third-order valence-electron chi connectivity index (χ3n) is 4.92. The molecule has 1 aliphatic heterocycles. The predicted molar refractivity (Wildman–Crippen MR) is 104 cm³/mol. The second-order valence-corrected chi connectivity index (χ2v) is 6.90. The van der Waals surface area contributed by atoms with Crippen LogP contribution in [-0.4, -0.2) is 40.3 Å². The standard InChI is InChI=1S/C20H20FN5O2/c1-20(11-27)10-24-18-13(20)8-12(9-23-18)15-6-7-22-19(25-15)26-17-14(21)4-3-5-16(17)28-2/h3-9,27H,10-11H2,1-2H3,(H,23,24)(H,22,25,26). The quantitative estimate of drug-likeness (QED) is 0.625. The molecule has 0 amide bonds. The monoisotopic (exact) mass is 381 g/mol. The fourth-order valence-electron chi connectivity index (χ4n) is 3.21. The van der Waals surface area contributed by atoms with Gasteiger partial charge in [0.15, 0.2) is 5.82 Å². The molecular weight excluding hydrogens is 361 g/mol. The molecule has 7 nitrogen and oxygen atoms in total. The molecule has 3 N–H and O–H groups in total. The summed E-state index contributed by atoms with van der Waals surface area (Å²) >= 11 is 0. The van der Waals surface area contributed by atoms with E-state index in [2.05, 4.69) is 25.6 Å². The van der Waals surface area contributed by atoms with E-state index in [4.69, 9.17) is 4.74 Å². The largest absolute Gasteiger partial charge is 0.494 e. The smallest absolute Gasteiger partial charge is 0.227 e. The Morgan fingerprint density at radius 3 is 2.96 bits per heavy atom. The first-order chi connectivity index (χ1) is 13.5. The highest BCUT2D eigenvalue weighted by atomic mass is 19.1. The van der Waals surface area contributed by atoms with Crippen molar-refractivity contribution in [3.8, 4) is 17.0 Å². The van der Waals surface area contributed by atoms with Crippen LogP contribution in [0.2, 0.25) is 0 Å². The Bertz CT molecular complexity index is 1030. The number of benzene rings is 1. The molecule has 0 saturated carbocycles. The third kappa shape index (κ3) is 3.11. The van der Waals surface area contributed by atoms with Gasteiger partial charge in [0.2, 0.25) is 5.95 Å². The summed E-state index contributed by atoms with van der Waals surface area (Å²) in [6, 6.07) is 8.28. The number of rotatable bonds is 5. The van der Waals surface area contributed by atoms with E-state index < -0.39 is 11.2 Å². The number of aromatic nitrogens is 3. The highest BCUT2D eigenvalue weighted by molar-refractivity contribution is 5.68. The van der Waals surface area contributed by atoms with E-state index in [0.29, 0.717) is 18.0 Å². The second kappa shape index (κ2) is 7.05. The molecule has 2 aromatic heterocycles. The van der Waals surface area contributed by atoms with Crippen molar-refractivity contribution in [3.63, 3.8) is 0 Å². The van der Waals surface area contributed by atoms with Crippen molar-refractivity contribution >= 4 is 17.5 Å². The van der Waals surface area contributed by atoms with Gasteiger partial charge < -0.3 is 20.5 Å². The molecule has 1 atom stereocenters. The molecule has 0 saturated heterocycles. The highest BCUT2D eigenvalue weighted by Crippen LogP contribution is 2.37. The maximum Gasteiger partial charge on any atom is 0.227 e. The van der Waals surface area contributed by atoms with E-state index in [-0.39, 0.29) is 18.2 Å². The first kappa shape index (κ1) is 18.1. The van der Waals surface area contributed by atoms with Gasteiger partial charge in [-0.05, 0) is 24.3 Å². The van der Waals surface area contributed by atoms with Crippen molar-refractivity contribution in [3.05, 3.63) is 54.1 Å². The molecule has 3 heterocycles. The van der Waals surface area contributed by atoms with Gasteiger partial charge >= 0.3 is 0 Å². The van der Waals surface area contributed by atoms with Crippen LogP contribution in [0, 0.1) is 5.82 Å². The van der Waals surface area contributed by atoms with Crippen molar-refractivity contribution in [1.82, 2.24) is 15.0 Å². The number of halogens is 1. The lowest BCUT2D eigenvalue weighted by Gasteiger charge is -2.20. The predicted octanol–water partition coefficient (Wildman–Crippen LogP) is 3.11. The van der Waals surface area contributed by atoms with Crippen molar-refractivity contribution in [2.45, 2.75) is 12.3 Å². The minimum atomic E-state index is -0.461. The van der Waals surface area contributed by atoms with Crippen molar-refractivity contribution in [2.75, 3.05) is 30.9 Å². The number of ether oxygens (including phenoxy) is 1. The number of anilines is 3. The molecule has 0 radical (unpaired) electrons. The van der Waals surface area contributed by atoms with E-state index >= 15 is 0 Å². The van der Waals surface area contributed by atoms with E-state index in [1.807, 2.05) is 13.0 Å². The lowest BCUT2D eigenvalue weighted by Crippen LogP contribution is -2.28. The minimum Gasteiger partial charge on any atom is -0.494 e. The van der Waals surface area contributed by atoms with Crippen LogP contribution >= 0.6 is 0 Å². The van der Waals surface area contributed by atoms with Crippen LogP contribution in [0.25, 0.3) is 11.3 Å². The van der Waals surface area contributed by atoms with Crippen LogP contribution in [0.5, 0.6) is 5.75 Å². The maximum atomic E-state index is 14.2. The van der Waals surface area contributed by atoms with Gasteiger partial charge in [0, 0.05) is 35.5 Å². The summed E-state index contributed by atoms with van der Waals surface area (Å²) < 4.78 is 19.4. The molecule has 3 aromatic rings. The molecule has 0 aliphatic carbocycles. The van der Waals surface area contributed by atoms with Crippen molar-refractivity contribution in [2.24, 2.45) is 0 Å². The highest BCUT2D eigenvalue weighted by Gasteiger charge is 2.35. The minimum absolute atomic E-state index is 0.0157. The third-order valence-corrected chi connectivity index (χ3v) is 4.92. The molecule has 4 rings (SSSR count). The first-order valence-corrected chi connectivity index (χ1v) is 8.82. The zero-order valence-corrected chi connectivity index (χ0v) is 15.5. The number of nitrogens with zero attached hydrogens (tertiary/aromatic N) is 3. The molecule has 0 bridgehead atoms. The Hall–Kier alpha value is -3.26. The first-order valence-electron chi connectivity index (χ1n) is 8.82. The summed E-state index contributed by atoms with van der Waals surface area (Å²) in [4.78, 5) is 13.1. The fraction of sp³-hybridized carbons (Fsp3) is 0.250. The van der Waals surface area contributed by atoms with Crippen LogP contribution in [0.1, 0.15) is 12.5 Å². The number of nitrogens with one attached hydrogen (secondary N) is 2. The number of pyridine rings is 1. The van der Waals surface area contributed by atoms with Crippen LogP contribution in [0.3, 0.4) is 0 Å². The molecule has 1 unspecified atom stereocenters. The van der Waals surface area contributed by atoms with Gasteiger partial charge in [-0.15, -0.1) is 0 Å². The Morgan fingerprint density at radius 1 is 1.32 bits per heavy atom. The number of para-hydroxylation sites is 1. The van der Waals surface area contributed by atoms with Crippen molar-refractivity contribution in [1.29, 1.82) is 0 Å². The summed E-state index contributed by atoms with van der Waals surface area (Å²) in [5.41, 5.74) is 2.14. The van der Waals surface area contributed by atoms with E-state index in [1.54, 1.807) is 30.6 Å². The lowest BCUT2D eigenvalue weighted by molar-refractivity contribution is 0.218. The Morgan fingerprint density at radius 2 is 2.18 bits per heavy atom. The van der Waals surface area contributed by atoms with Gasteiger partial charge in [-0.3, -0.25) is 0 Å². The fourth-order valence-corrected chi connectivity index (χ4v) is 3.21. The summed E-state index contributed by atoms with van der Waals surface area (Å²) in [5, 5.41) is 15.9. The number of methoxy groups -OCH3 is 1. The maximum absolute atomic E-state index is 14.2. The van der Waals surface area contributed by atoms with Gasteiger partial charge in [0.1, 0.15) is 17.3 Å². The Balaban J connectivity index is 1.69. The van der Waals surface area contributed by atoms with E-state index in [0.717, 1.165) is 16.9 Å². The van der Waals surface area contributed by atoms with Crippen LogP contribution in [0.4, 0.5) is 21.8 Å². The van der Waals surface area contributed by atoms with Gasteiger partial charge in [0.05, 0.1) is 19.4 Å². The lowest BCUT2D eigenvalue weighted by atomic mass is 9.85. The molecule has 0 fully saturated rings. The second-order valence-electron chi connectivity index (χ2n) is 6.90. The zero-order valence-electron chi connectivity index (χ0n) is 15.5. The number of fused-ring (bicyclic) bond motifs is 1. The van der Waals surface area contributed by atoms with E-state index in [1.165, 1.54) is 13.2 Å². The number of hydrogen-bond acceptors (Lipinski definition) is 7. The van der Waals surface area contributed by atoms with Gasteiger partial charge in [0.25, 0.3) is 0 Å². The summed E-state index contributed by atoms with van der Waals surface area (Å²) in [6.07, 6.45) is 3.31. The molecule has 0 spiro atoms.